The predicted molar refractivity (Wildman–Crippen MR) is 122 cm³/mol. The van der Waals surface area contributed by atoms with Crippen molar-refractivity contribution in [2.24, 2.45) is 0 Å². The van der Waals surface area contributed by atoms with Crippen LogP contribution in [0.5, 0.6) is 5.75 Å². The molecular formula is C23H24FN7O3. The topological polar surface area (TPSA) is 113 Å². The van der Waals surface area contributed by atoms with Crippen LogP contribution in [0, 0.1) is 5.82 Å². The van der Waals surface area contributed by atoms with E-state index >= 15 is 0 Å². The van der Waals surface area contributed by atoms with Crippen molar-refractivity contribution in [2.75, 3.05) is 37.9 Å². The summed E-state index contributed by atoms with van der Waals surface area (Å²) in [6.45, 7) is 1.18. The fraction of sp³-hybridized carbons (Fsp3) is 0.391. The van der Waals surface area contributed by atoms with Gasteiger partial charge in [-0.05, 0) is 25.3 Å². The summed E-state index contributed by atoms with van der Waals surface area (Å²) < 4.78 is 22.3. The fourth-order valence-corrected chi connectivity index (χ4v) is 4.74. The van der Waals surface area contributed by atoms with Gasteiger partial charge in [0.05, 0.1) is 18.5 Å². The first kappa shape index (κ1) is 20.7. The summed E-state index contributed by atoms with van der Waals surface area (Å²) in [5.41, 5.74) is 1.65. The number of carbonyl (C=O) groups excluding carboxylic acids is 2. The molecule has 3 N–H and O–H groups in total. The molecule has 2 aromatic heterocycles. The number of hydrogen-bond acceptors (Lipinski definition) is 7. The number of halogens is 1. The van der Waals surface area contributed by atoms with Gasteiger partial charge < -0.3 is 25.6 Å². The smallest absolute Gasteiger partial charge is 0.257 e. The third kappa shape index (κ3) is 3.14. The molecule has 1 spiro atoms. The quantitative estimate of drug-likeness (QED) is 0.529. The Hall–Kier alpha value is -3.89. The Morgan fingerprint density at radius 1 is 1.29 bits per heavy atom. The molecular weight excluding hydrogens is 441 g/mol. The highest BCUT2D eigenvalue weighted by molar-refractivity contribution is 6.02. The lowest BCUT2D eigenvalue weighted by molar-refractivity contribution is -0.128. The number of likely N-dealkylation sites (tertiary alicyclic amines) is 1. The molecule has 1 aliphatic carbocycles. The molecule has 34 heavy (non-hydrogen) atoms. The normalized spacial score (nSPS) is 19.9. The summed E-state index contributed by atoms with van der Waals surface area (Å²) in [6, 6.07) is 4.30. The number of likely N-dealkylation sites (N-methyl/N-ethyl adjacent to an activating group) is 1. The molecule has 6 rings (SSSR count). The summed E-state index contributed by atoms with van der Waals surface area (Å²) in [5.74, 6) is 0.616. The lowest BCUT2D eigenvalue weighted by Crippen LogP contribution is -2.40. The van der Waals surface area contributed by atoms with E-state index in [2.05, 4.69) is 26.0 Å². The van der Waals surface area contributed by atoms with E-state index in [9.17, 15) is 14.0 Å². The van der Waals surface area contributed by atoms with Crippen molar-refractivity contribution in [2.45, 2.75) is 30.7 Å². The Labute approximate surface area is 194 Å². The van der Waals surface area contributed by atoms with Crippen LogP contribution in [-0.2, 0) is 10.2 Å². The standard InChI is InChI=1S/C23H24FN7O3/c1-25-19-9-18(27-16-8-17-13(7-14(16)24)23(4-5-23)11-34-17)29-20-12(10-26-31(19)20)21(32)28-15-3-6-30(2)22(15)33/h7-10,15,25H,3-6,11H2,1-2H3,(H,27,29)(H,28,32)/t15-/m1/s1. The second-order valence-electron chi connectivity index (χ2n) is 9.17. The molecule has 2 amide bonds. The Kier molecular flexibility index (Phi) is 4.45. The number of ether oxygens (including phenoxy) is 1. The van der Waals surface area contributed by atoms with Crippen molar-refractivity contribution in [1.82, 2.24) is 24.8 Å². The average molecular weight is 465 g/mol. The van der Waals surface area contributed by atoms with Gasteiger partial charge in [-0.15, -0.1) is 0 Å². The average Bonchev–Trinajstić information content (AvgIpc) is 3.22. The maximum absolute atomic E-state index is 15.0. The predicted octanol–water partition coefficient (Wildman–Crippen LogP) is 2.04. The summed E-state index contributed by atoms with van der Waals surface area (Å²) in [6.07, 6.45) is 3.99. The molecule has 1 saturated heterocycles. The number of fused-ring (bicyclic) bond motifs is 3. The van der Waals surface area contributed by atoms with Gasteiger partial charge in [-0.2, -0.15) is 9.61 Å². The zero-order valence-corrected chi connectivity index (χ0v) is 18.8. The van der Waals surface area contributed by atoms with Gasteiger partial charge in [0.15, 0.2) is 5.65 Å². The van der Waals surface area contributed by atoms with E-state index in [1.165, 1.54) is 10.7 Å². The highest BCUT2D eigenvalue weighted by Gasteiger charge is 2.51. The van der Waals surface area contributed by atoms with E-state index in [4.69, 9.17) is 4.74 Å². The maximum Gasteiger partial charge on any atom is 0.257 e. The van der Waals surface area contributed by atoms with Gasteiger partial charge in [0.25, 0.3) is 5.91 Å². The Morgan fingerprint density at radius 2 is 2.12 bits per heavy atom. The molecule has 176 valence electrons. The number of nitrogens with zero attached hydrogens (tertiary/aromatic N) is 4. The lowest BCUT2D eigenvalue weighted by atomic mass is 9.98. The number of benzene rings is 1. The number of carbonyl (C=O) groups is 2. The maximum atomic E-state index is 15.0. The number of hydrogen-bond donors (Lipinski definition) is 3. The van der Waals surface area contributed by atoms with Crippen LogP contribution in [0.3, 0.4) is 0 Å². The van der Waals surface area contributed by atoms with Crippen LogP contribution in [0.4, 0.5) is 21.7 Å². The van der Waals surface area contributed by atoms with E-state index < -0.39 is 17.8 Å². The number of amides is 2. The van der Waals surface area contributed by atoms with Crippen molar-refractivity contribution in [1.29, 1.82) is 0 Å². The largest absolute Gasteiger partial charge is 0.492 e. The van der Waals surface area contributed by atoms with Crippen molar-refractivity contribution in [3.05, 3.63) is 41.3 Å². The number of nitrogens with one attached hydrogen (secondary N) is 3. The van der Waals surface area contributed by atoms with E-state index in [-0.39, 0.29) is 28.2 Å². The third-order valence-electron chi connectivity index (χ3n) is 6.97. The molecule has 1 atom stereocenters. The summed E-state index contributed by atoms with van der Waals surface area (Å²) in [4.78, 5) is 31.3. The SMILES string of the molecule is CNc1cc(Nc2cc3c(cc2F)C2(CC2)CO3)nc2c(C(=O)N[C@@H]3CCN(C)C3=O)cnn12. The lowest BCUT2D eigenvalue weighted by Gasteiger charge is -2.13. The van der Waals surface area contributed by atoms with Crippen LogP contribution in [0.1, 0.15) is 35.2 Å². The number of rotatable bonds is 5. The van der Waals surface area contributed by atoms with E-state index in [0.29, 0.717) is 37.0 Å². The van der Waals surface area contributed by atoms with Crippen LogP contribution >= 0.6 is 0 Å². The molecule has 0 unspecified atom stereocenters. The fourth-order valence-electron chi connectivity index (χ4n) is 4.74. The van der Waals surface area contributed by atoms with E-state index in [1.54, 1.807) is 37.2 Å². The van der Waals surface area contributed by atoms with Crippen LogP contribution in [0.15, 0.2) is 24.4 Å². The minimum atomic E-state index is -0.576. The molecule has 1 saturated carbocycles. The van der Waals surface area contributed by atoms with Crippen molar-refractivity contribution in [3.8, 4) is 5.75 Å². The monoisotopic (exact) mass is 465 g/mol. The van der Waals surface area contributed by atoms with Gasteiger partial charge in [0, 0.05) is 43.8 Å². The van der Waals surface area contributed by atoms with E-state index in [1.807, 2.05) is 0 Å². The minimum Gasteiger partial charge on any atom is -0.492 e. The highest BCUT2D eigenvalue weighted by atomic mass is 19.1. The molecule has 0 radical (unpaired) electrons. The number of anilines is 3. The van der Waals surface area contributed by atoms with Crippen molar-refractivity contribution < 1.29 is 18.7 Å². The van der Waals surface area contributed by atoms with Gasteiger partial charge in [0.2, 0.25) is 5.91 Å². The molecule has 10 nitrogen and oxygen atoms in total. The van der Waals surface area contributed by atoms with Gasteiger partial charge >= 0.3 is 0 Å². The van der Waals surface area contributed by atoms with Crippen LogP contribution in [0.2, 0.25) is 0 Å². The van der Waals surface area contributed by atoms with Crippen LogP contribution < -0.4 is 20.7 Å². The molecule has 3 aromatic rings. The van der Waals surface area contributed by atoms with Gasteiger partial charge in [-0.25, -0.2) is 9.37 Å². The molecule has 3 aliphatic rings. The zero-order chi connectivity index (χ0) is 23.6. The summed E-state index contributed by atoms with van der Waals surface area (Å²) in [5, 5.41) is 13.1. The van der Waals surface area contributed by atoms with Crippen molar-refractivity contribution in [3.63, 3.8) is 0 Å². The Morgan fingerprint density at radius 3 is 2.82 bits per heavy atom. The number of aromatic nitrogens is 3. The van der Waals surface area contributed by atoms with Crippen LogP contribution in [-0.4, -0.2) is 64.6 Å². The Bertz CT molecular complexity index is 1350. The van der Waals surface area contributed by atoms with E-state index in [0.717, 1.165) is 18.4 Å². The van der Waals surface area contributed by atoms with Gasteiger partial charge in [0.1, 0.15) is 34.8 Å². The molecule has 2 fully saturated rings. The third-order valence-corrected chi connectivity index (χ3v) is 6.97. The first-order valence-electron chi connectivity index (χ1n) is 11.2. The van der Waals surface area contributed by atoms with Crippen molar-refractivity contribution >= 4 is 34.8 Å². The summed E-state index contributed by atoms with van der Waals surface area (Å²) in [7, 11) is 3.42. The molecule has 11 heteroatoms. The Balaban J connectivity index is 1.32. The first-order chi connectivity index (χ1) is 16.4. The van der Waals surface area contributed by atoms with Crippen LogP contribution in [0.25, 0.3) is 5.65 Å². The molecule has 0 bridgehead atoms. The molecule has 2 aliphatic heterocycles. The zero-order valence-electron chi connectivity index (χ0n) is 18.8. The van der Waals surface area contributed by atoms with Gasteiger partial charge in [-0.1, -0.05) is 0 Å². The summed E-state index contributed by atoms with van der Waals surface area (Å²) >= 11 is 0. The second-order valence-corrected chi connectivity index (χ2v) is 9.17. The first-order valence-corrected chi connectivity index (χ1v) is 11.2. The minimum absolute atomic E-state index is 0.0134. The molecule has 1 aromatic carbocycles. The second kappa shape index (κ2) is 7.31. The van der Waals surface area contributed by atoms with Gasteiger partial charge in [-0.3, -0.25) is 9.59 Å². The molecule has 4 heterocycles. The highest BCUT2D eigenvalue weighted by Crippen LogP contribution is 2.56.